The number of rotatable bonds is 1. The lowest BCUT2D eigenvalue weighted by Crippen LogP contribution is -2.48. The molecule has 0 unspecified atom stereocenters. The van der Waals surface area contributed by atoms with E-state index in [1.807, 2.05) is 0 Å². The van der Waals surface area contributed by atoms with Crippen LogP contribution in [0.25, 0.3) is 53.9 Å². The summed E-state index contributed by atoms with van der Waals surface area (Å²) in [7, 11) is 0. The van der Waals surface area contributed by atoms with Crippen molar-refractivity contribution in [2.75, 3.05) is 0 Å². The van der Waals surface area contributed by atoms with E-state index in [-0.39, 0.29) is 0 Å². The summed E-state index contributed by atoms with van der Waals surface area (Å²) in [6.07, 6.45) is 8.78. The summed E-state index contributed by atoms with van der Waals surface area (Å²) >= 11 is 0. The third kappa shape index (κ3) is 2.16. The Kier molecular flexibility index (Phi) is 3.28. The maximum atomic E-state index is 2.56. The van der Waals surface area contributed by atoms with Gasteiger partial charge in [-0.2, -0.15) is 0 Å². The molecule has 0 atom stereocenters. The van der Waals surface area contributed by atoms with E-state index < -0.39 is 0 Å². The Morgan fingerprint density at radius 2 is 1.09 bits per heavy atom. The lowest BCUT2D eigenvalue weighted by molar-refractivity contribution is -0.00448. The van der Waals surface area contributed by atoms with Gasteiger partial charge in [0.1, 0.15) is 0 Å². The van der Waals surface area contributed by atoms with Crippen molar-refractivity contribution in [2.24, 2.45) is 17.8 Å². The van der Waals surface area contributed by atoms with E-state index in [0.29, 0.717) is 5.41 Å². The SMILES string of the molecule is c1ccc2c(c1)cc1cccc3c4ccc(C56CC7CC(CC(C7)C5)C6)c5cccc(c54)c2c13. The van der Waals surface area contributed by atoms with Crippen molar-refractivity contribution < 1.29 is 0 Å². The minimum Gasteiger partial charge on any atom is -0.0616 e. The fourth-order valence-electron chi connectivity index (χ4n) is 9.37. The van der Waals surface area contributed by atoms with E-state index in [0.717, 1.165) is 17.8 Å². The predicted octanol–water partition coefficient (Wildman–Crippen LogP) is 9.36. The summed E-state index contributed by atoms with van der Waals surface area (Å²) in [6, 6.07) is 30.5. The van der Waals surface area contributed by atoms with Crippen LogP contribution in [0, 0.1) is 17.8 Å². The Morgan fingerprint density at radius 1 is 0.471 bits per heavy atom. The molecule has 10 rings (SSSR count). The van der Waals surface area contributed by atoms with Crippen molar-refractivity contribution >= 4 is 53.9 Å². The van der Waals surface area contributed by atoms with Gasteiger partial charge in [0.2, 0.25) is 0 Å². The van der Waals surface area contributed by atoms with Crippen LogP contribution in [0.2, 0.25) is 0 Å². The average Bonchev–Trinajstić information content (AvgIpc) is 2.85. The van der Waals surface area contributed by atoms with Gasteiger partial charge in [0.15, 0.2) is 0 Å². The number of benzene rings is 6. The first-order valence-electron chi connectivity index (χ1n) is 13.3. The van der Waals surface area contributed by atoms with E-state index >= 15 is 0 Å². The molecule has 4 saturated carbocycles. The van der Waals surface area contributed by atoms with E-state index in [1.54, 1.807) is 5.56 Å². The highest BCUT2D eigenvalue weighted by Gasteiger charge is 2.52. The van der Waals surface area contributed by atoms with Crippen LogP contribution in [0.1, 0.15) is 44.1 Å². The molecular formula is C34H28. The second-order valence-electron chi connectivity index (χ2n) is 12.0. The molecule has 6 aromatic carbocycles. The van der Waals surface area contributed by atoms with Crippen LogP contribution in [-0.4, -0.2) is 0 Å². The van der Waals surface area contributed by atoms with Crippen LogP contribution in [0.5, 0.6) is 0 Å². The first kappa shape index (κ1) is 18.2. The number of hydrogen-bond donors (Lipinski definition) is 0. The minimum atomic E-state index is 0.414. The van der Waals surface area contributed by atoms with Gasteiger partial charge in [0, 0.05) is 0 Å². The van der Waals surface area contributed by atoms with Gasteiger partial charge in [-0.1, -0.05) is 72.8 Å². The van der Waals surface area contributed by atoms with Crippen LogP contribution in [0.3, 0.4) is 0 Å². The molecule has 0 aliphatic heterocycles. The first-order chi connectivity index (χ1) is 16.8. The lowest BCUT2D eigenvalue weighted by Gasteiger charge is -2.57. The quantitative estimate of drug-likeness (QED) is 0.178. The molecule has 0 heteroatoms. The van der Waals surface area contributed by atoms with Gasteiger partial charge in [-0.25, -0.2) is 0 Å². The largest absolute Gasteiger partial charge is 0.0616 e. The maximum Gasteiger partial charge on any atom is -0.00141 e. The topological polar surface area (TPSA) is 0 Å². The second kappa shape index (κ2) is 6.11. The molecule has 6 aromatic rings. The van der Waals surface area contributed by atoms with E-state index in [2.05, 4.69) is 78.9 Å². The van der Waals surface area contributed by atoms with Crippen molar-refractivity contribution in [2.45, 2.75) is 43.9 Å². The van der Waals surface area contributed by atoms with Gasteiger partial charge in [0.25, 0.3) is 0 Å². The summed E-state index contributed by atoms with van der Waals surface area (Å²) in [5, 5.41) is 14.3. The molecule has 0 nitrogen and oxygen atoms in total. The Balaban J connectivity index is 1.47. The number of fused-ring (bicyclic) bond motifs is 4. The molecule has 4 bridgehead atoms. The van der Waals surface area contributed by atoms with Crippen LogP contribution < -0.4 is 0 Å². The summed E-state index contributed by atoms with van der Waals surface area (Å²) in [6.45, 7) is 0. The maximum absolute atomic E-state index is 2.56. The molecule has 0 amide bonds. The lowest BCUT2D eigenvalue weighted by atomic mass is 9.47. The molecule has 164 valence electrons. The van der Waals surface area contributed by atoms with Crippen molar-refractivity contribution in [3.63, 3.8) is 0 Å². The Morgan fingerprint density at radius 3 is 1.91 bits per heavy atom. The van der Waals surface area contributed by atoms with Gasteiger partial charge in [-0.15, -0.1) is 0 Å². The fourth-order valence-corrected chi connectivity index (χ4v) is 9.37. The molecule has 0 N–H and O–H groups in total. The van der Waals surface area contributed by atoms with Crippen LogP contribution in [0.15, 0.2) is 78.9 Å². The third-order valence-electron chi connectivity index (χ3n) is 10.1. The minimum absolute atomic E-state index is 0.414. The zero-order valence-corrected chi connectivity index (χ0v) is 19.5. The molecule has 0 saturated heterocycles. The molecule has 4 fully saturated rings. The van der Waals surface area contributed by atoms with E-state index in [1.165, 1.54) is 92.4 Å². The highest BCUT2D eigenvalue weighted by atomic mass is 14.6. The van der Waals surface area contributed by atoms with E-state index in [9.17, 15) is 0 Å². The van der Waals surface area contributed by atoms with E-state index in [4.69, 9.17) is 0 Å². The molecule has 0 heterocycles. The van der Waals surface area contributed by atoms with Gasteiger partial charge >= 0.3 is 0 Å². The summed E-state index contributed by atoms with van der Waals surface area (Å²) in [4.78, 5) is 0. The van der Waals surface area contributed by atoms with Crippen LogP contribution in [-0.2, 0) is 5.41 Å². The van der Waals surface area contributed by atoms with Gasteiger partial charge in [-0.3, -0.25) is 0 Å². The molecule has 0 spiro atoms. The second-order valence-corrected chi connectivity index (χ2v) is 12.0. The Hall–Kier alpha value is -3.12. The highest BCUT2D eigenvalue weighted by molar-refractivity contribution is 6.38. The van der Waals surface area contributed by atoms with Crippen molar-refractivity contribution in [3.8, 4) is 0 Å². The molecule has 0 aromatic heterocycles. The monoisotopic (exact) mass is 436 g/mol. The van der Waals surface area contributed by atoms with Crippen molar-refractivity contribution in [1.29, 1.82) is 0 Å². The van der Waals surface area contributed by atoms with Crippen LogP contribution >= 0.6 is 0 Å². The van der Waals surface area contributed by atoms with Crippen molar-refractivity contribution in [1.82, 2.24) is 0 Å². The normalized spacial score (nSPS) is 28.3. The standard InChI is InChI=1S/C34H28/c1-2-7-25-23(5-1)16-24-6-3-8-26-27-11-12-30(28-9-4-10-29(32(27)28)33(25)31(24)26)34-17-20-13-21(18-34)15-22(14-20)19-34/h1-12,16,20-22H,13-15,17-19H2. The average molecular weight is 437 g/mol. The fraction of sp³-hybridized carbons (Fsp3) is 0.294. The van der Waals surface area contributed by atoms with Gasteiger partial charge < -0.3 is 0 Å². The predicted molar refractivity (Wildman–Crippen MR) is 145 cm³/mol. The molecule has 4 aliphatic carbocycles. The summed E-state index contributed by atoms with van der Waals surface area (Å²) in [5.74, 6) is 2.90. The molecular weight excluding hydrogens is 408 g/mol. The van der Waals surface area contributed by atoms with Crippen molar-refractivity contribution in [3.05, 3.63) is 84.4 Å². The number of hydrogen-bond acceptors (Lipinski definition) is 0. The molecule has 34 heavy (non-hydrogen) atoms. The van der Waals surface area contributed by atoms with Gasteiger partial charge in [-0.05, 0) is 127 Å². The molecule has 0 radical (unpaired) electrons. The summed E-state index contributed by atoms with van der Waals surface area (Å²) in [5.41, 5.74) is 2.08. The first-order valence-corrected chi connectivity index (χ1v) is 13.3. The zero-order chi connectivity index (χ0) is 22.0. The third-order valence-corrected chi connectivity index (χ3v) is 10.1. The van der Waals surface area contributed by atoms with Crippen LogP contribution in [0.4, 0.5) is 0 Å². The highest BCUT2D eigenvalue weighted by Crippen LogP contribution is 2.62. The summed E-state index contributed by atoms with van der Waals surface area (Å²) < 4.78 is 0. The Labute approximate surface area is 199 Å². The zero-order valence-electron chi connectivity index (χ0n) is 19.5. The van der Waals surface area contributed by atoms with Gasteiger partial charge in [0.05, 0.1) is 0 Å². The smallest absolute Gasteiger partial charge is 0.00141 e. The Bertz CT molecular complexity index is 1750. The molecule has 4 aliphatic rings.